The molecule has 0 saturated heterocycles. The lowest BCUT2D eigenvalue weighted by atomic mass is 9.97. The van der Waals surface area contributed by atoms with Crippen molar-refractivity contribution in [2.24, 2.45) is 0 Å². The molecule has 3 heterocycles. The molecule has 0 unspecified atom stereocenters. The van der Waals surface area contributed by atoms with Crippen molar-refractivity contribution >= 4 is 57.3 Å². The lowest BCUT2D eigenvalue weighted by molar-refractivity contribution is 0.304. The van der Waals surface area contributed by atoms with Crippen LogP contribution < -0.4 is 18.9 Å². The Morgan fingerprint density at radius 3 is 0.759 bits per heavy atom. The normalized spacial score (nSPS) is 11.2. The maximum atomic E-state index is 6.21. The summed E-state index contributed by atoms with van der Waals surface area (Å²) in [4.78, 5) is 7.55. The third kappa shape index (κ3) is 21.6. The van der Waals surface area contributed by atoms with Crippen molar-refractivity contribution in [3.8, 4) is 42.5 Å². The predicted octanol–water partition coefficient (Wildman–Crippen LogP) is 23.3. The quantitative estimate of drug-likeness (QED) is 0.0359. The van der Waals surface area contributed by atoms with Crippen LogP contribution in [0.4, 0.5) is 0 Å². The van der Waals surface area contributed by atoms with E-state index < -0.39 is 0 Å². The Balaban J connectivity index is 1.05. The summed E-state index contributed by atoms with van der Waals surface area (Å²) in [5.74, 6) is 3.72. The fourth-order valence-electron chi connectivity index (χ4n) is 9.89. The zero-order valence-corrected chi connectivity index (χ0v) is 51.0. The Kier molecular flexibility index (Phi) is 28.0. The molecule has 0 aliphatic heterocycles. The van der Waals surface area contributed by atoms with Gasteiger partial charge < -0.3 is 18.9 Å². The molecule has 79 heavy (non-hydrogen) atoms. The molecule has 4 nitrogen and oxygen atoms in total. The molecule has 0 amide bonds. The summed E-state index contributed by atoms with van der Waals surface area (Å²) >= 11 is 5.57. The smallest absolute Gasteiger partial charge is 0.119 e. The van der Waals surface area contributed by atoms with Crippen LogP contribution in [0.5, 0.6) is 23.0 Å². The fourth-order valence-corrected chi connectivity index (χ4v) is 13.0. The SMILES string of the molecule is CCCCCCCCOc1ccc(C(=Cc2ccc(-c3ccc(-c4ccc(C=C(c5ccc(OCCCCCCCC)cc5)c5ccc(OCCCCCCCC)cc5)s4)s3)s2)c2ccc(OCCCCCCCC)cc2)cc1. The van der Waals surface area contributed by atoms with Gasteiger partial charge in [0.05, 0.1) is 26.4 Å². The maximum Gasteiger partial charge on any atom is 0.119 e. The predicted molar refractivity (Wildman–Crippen MR) is 346 cm³/mol. The monoisotopic (exact) mass is 1120 g/mol. The van der Waals surface area contributed by atoms with Crippen molar-refractivity contribution in [2.75, 3.05) is 26.4 Å². The van der Waals surface area contributed by atoms with E-state index in [9.17, 15) is 0 Å². The van der Waals surface area contributed by atoms with Crippen LogP contribution in [0.3, 0.4) is 0 Å². The minimum absolute atomic E-state index is 0.762. The molecule has 0 aliphatic rings. The second kappa shape index (κ2) is 36.1. The Labute approximate surface area is 489 Å². The number of unbranched alkanes of at least 4 members (excludes halogenated alkanes) is 20. The van der Waals surface area contributed by atoms with Crippen molar-refractivity contribution < 1.29 is 18.9 Å². The molecule has 7 heteroatoms. The molecule has 0 radical (unpaired) electrons. The molecule has 0 spiro atoms. The lowest BCUT2D eigenvalue weighted by Crippen LogP contribution is -1.98. The summed E-state index contributed by atoms with van der Waals surface area (Å²) in [6, 6.07) is 48.5. The molecular weight excluding hydrogens is 1020 g/mol. The molecule has 422 valence electrons. The van der Waals surface area contributed by atoms with Crippen molar-refractivity contribution in [1.29, 1.82) is 0 Å². The Morgan fingerprint density at radius 2 is 0.494 bits per heavy atom. The Hall–Kier alpha value is -5.34. The summed E-state index contributed by atoms with van der Waals surface area (Å²) in [5.41, 5.74) is 7.04. The first-order valence-corrected chi connectivity index (χ1v) is 33.1. The van der Waals surface area contributed by atoms with Gasteiger partial charge in [0.2, 0.25) is 0 Å². The van der Waals surface area contributed by atoms with Crippen molar-refractivity contribution in [1.82, 2.24) is 0 Å². The van der Waals surface area contributed by atoms with Crippen LogP contribution in [0.1, 0.15) is 214 Å². The van der Waals surface area contributed by atoms with Gasteiger partial charge in [0.1, 0.15) is 23.0 Å². The van der Waals surface area contributed by atoms with E-state index in [1.807, 2.05) is 34.0 Å². The van der Waals surface area contributed by atoms with E-state index in [1.165, 1.54) is 191 Å². The van der Waals surface area contributed by atoms with Gasteiger partial charge >= 0.3 is 0 Å². The Morgan fingerprint density at radius 1 is 0.266 bits per heavy atom. The highest BCUT2D eigenvalue weighted by molar-refractivity contribution is 7.26. The first kappa shape index (κ1) is 61.3. The largest absolute Gasteiger partial charge is 0.494 e. The van der Waals surface area contributed by atoms with Crippen LogP contribution in [0.25, 0.3) is 42.8 Å². The van der Waals surface area contributed by atoms with Crippen LogP contribution in [0, 0.1) is 0 Å². The highest BCUT2D eigenvalue weighted by Crippen LogP contribution is 2.42. The average molecular weight is 1120 g/mol. The molecule has 7 aromatic rings. The molecule has 7 rings (SSSR count). The number of rotatable bonds is 40. The number of thiophene rings is 3. The molecule has 0 aliphatic carbocycles. The molecule has 0 atom stereocenters. The van der Waals surface area contributed by atoms with E-state index in [4.69, 9.17) is 18.9 Å². The van der Waals surface area contributed by atoms with Gasteiger partial charge in [-0.05, 0) is 156 Å². The highest BCUT2D eigenvalue weighted by atomic mass is 32.1. The van der Waals surface area contributed by atoms with Gasteiger partial charge in [-0.15, -0.1) is 34.0 Å². The third-order valence-corrected chi connectivity index (χ3v) is 18.2. The van der Waals surface area contributed by atoms with Gasteiger partial charge in [-0.2, -0.15) is 0 Å². The van der Waals surface area contributed by atoms with Crippen molar-refractivity contribution in [3.05, 3.63) is 165 Å². The lowest BCUT2D eigenvalue weighted by Gasteiger charge is -2.12. The molecule has 0 N–H and O–H groups in total. The molecule has 0 fully saturated rings. The van der Waals surface area contributed by atoms with Gasteiger partial charge in [-0.3, -0.25) is 0 Å². The van der Waals surface area contributed by atoms with Crippen LogP contribution in [-0.4, -0.2) is 26.4 Å². The van der Waals surface area contributed by atoms with E-state index in [0.717, 1.165) is 75.1 Å². The van der Waals surface area contributed by atoms with Gasteiger partial charge in [0, 0.05) is 29.3 Å². The minimum Gasteiger partial charge on any atom is -0.494 e. The average Bonchev–Trinajstić information content (AvgIpc) is 4.32. The number of hydrogen-bond acceptors (Lipinski definition) is 7. The van der Waals surface area contributed by atoms with Gasteiger partial charge in [0.25, 0.3) is 0 Å². The van der Waals surface area contributed by atoms with E-state index >= 15 is 0 Å². The summed E-state index contributed by atoms with van der Waals surface area (Å²) in [6.07, 6.45) is 34.9. The molecule has 0 bridgehead atoms. The summed E-state index contributed by atoms with van der Waals surface area (Å²) in [5, 5.41) is 0. The summed E-state index contributed by atoms with van der Waals surface area (Å²) in [7, 11) is 0. The second-order valence-electron chi connectivity index (χ2n) is 21.2. The molecule has 4 aromatic carbocycles. The first-order valence-electron chi connectivity index (χ1n) is 30.7. The molecular formula is C72H92O4S3. The van der Waals surface area contributed by atoms with Crippen LogP contribution in [-0.2, 0) is 0 Å². The highest BCUT2D eigenvalue weighted by Gasteiger charge is 2.14. The number of hydrogen-bond donors (Lipinski definition) is 0. The molecule has 0 saturated carbocycles. The molecule has 3 aromatic heterocycles. The van der Waals surface area contributed by atoms with Crippen molar-refractivity contribution in [3.63, 3.8) is 0 Å². The van der Waals surface area contributed by atoms with E-state index in [-0.39, 0.29) is 0 Å². The maximum absolute atomic E-state index is 6.21. The van der Waals surface area contributed by atoms with Gasteiger partial charge in [-0.1, -0.05) is 205 Å². The van der Waals surface area contributed by atoms with Gasteiger partial charge in [-0.25, -0.2) is 0 Å². The summed E-state index contributed by atoms with van der Waals surface area (Å²) < 4.78 is 24.8. The zero-order chi connectivity index (χ0) is 55.0. The van der Waals surface area contributed by atoms with Crippen molar-refractivity contribution in [2.45, 2.75) is 182 Å². The van der Waals surface area contributed by atoms with Crippen LogP contribution >= 0.6 is 34.0 Å². The standard InChI is InChI=1S/C72H92O4S3/c1-5-9-13-17-21-25-51-73-61-37-29-57(30-38-61)67(58-31-39-62(40-32-58)74-52-26-22-18-14-10-6-2)55-65-45-47-69(77-65)71-49-50-72(79-71)70-48-46-66(78-70)56-68(59-33-41-63(42-34-59)75-53-27-23-19-15-11-7-3)60-35-43-64(44-36-60)76-54-28-24-20-16-12-8-4/h29-50,55-56H,5-28,51-54H2,1-4H3. The van der Waals surface area contributed by atoms with E-state index in [1.54, 1.807) is 0 Å². The van der Waals surface area contributed by atoms with Crippen LogP contribution in [0.2, 0.25) is 0 Å². The minimum atomic E-state index is 0.762. The topological polar surface area (TPSA) is 36.9 Å². The van der Waals surface area contributed by atoms with E-state index in [2.05, 4.69) is 173 Å². The third-order valence-electron chi connectivity index (χ3n) is 14.6. The second-order valence-corrected chi connectivity index (χ2v) is 24.6. The summed E-state index contributed by atoms with van der Waals surface area (Å²) in [6.45, 7) is 12.1. The fraction of sp³-hybridized carbons (Fsp3) is 0.444. The number of benzene rings is 4. The van der Waals surface area contributed by atoms with E-state index in [0.29, 0.717) is 0 Å². The van der Waals surface area contributed by atoms with Gasteiger partial charge in [0.15, 0.2) is 0 Å². The first-order chi connectivity index (χ1) is 39.0. The van der Waals surface area contributed by atoms with Crippen LogP contribution in [0.15, 0.2) is 133 Å². The zero-order valence-electron chi connectivity index (χ0n) is 48.5. The Bertz CT molecular complexity index is 2460. The number of ether oxygens (including phenoxy) is 4.